The fourth-order valence-corrected chi connectivity index (χ4v) is 2.77. The molecule has 1 aliphatic rings. The van der Waals surface area contributed by atoms with E-state index in [0.717, 1.165) is 19.4 Å². The third-order valence-electron chi connectivity index (χ3n) is 4.43. The zero-order valence-electron chi connectivity index (χ0n) is 13.5. The predicted octanol–water partition coefficient (Wildman–Crippen LogP) is 2.32. The molecule has 1 aromatic rings. The van der Waals surface area contributed by atoms with Crippen molar-refractivity contribution in [2.24, 2.45) is 5.92 Å². The van der Waals surface area contributed by atoms with Gasteiger partial charge in [-0.05, 0) is 31.9 Å². The van der Waals surface area contributed by atoms with E-state index in [4.69, 9.17) is 5.26 Å². The summed E-state index contributed by atoms with van der Waals surface area (Å²) in [5, 5.41) is 12.0. The molecule has 0 saturated heterocycles. The molecule has 1 aromatic carbocycles. The van der Waals surface area contributed by atoms with E-state index in [0.29, 0.717) is 19.6 Å². The van der Waals surface area contributed by atoms with Crippen molar-refractivity contribution in [2.45, 2.75) is 32.1 Å². The van der Waals surface area contributed by atoms with Gasteiger partial charge in [0.2, 0.25) is 5.91 Å². The minimum absolute atomic E-state index is 0.0492. The molecule has 1 amide bonds. The molecule has 0 spiro atoms. The Labute approximate surface area is 133 Å². The molecule has 0 aromatic heterocycles. The first-order valence-corrected chi connectivity index (χ1v) is 8.04. The van der Waals surface area contributed by atoms with Gasteiger partial charge in [0.15, 0.2) is 0 Å². The smallest absolute Gasteiger partial charge is 0.234 e. The minimum atomic E-state index is -0.0492. The van der Waals surface area contributed by atoms with Crippen molar-refractivity contribution < 1.29 is 4.79 Å². The molecule has 0 aliphatic heterocycles. The molecule has 118 valence electrons. The molecule has 1 atom stereocenters. The van der Waals surface area contributed by atoms with E-state index in [9.17, 15) is 4.79 Å². The Bertz CT molecular complexity index is 531. The Morgan fingerprint density at radius 1 is 1.41 bits per heavy atom. The highest BCUT2D eigenvalue weighted by molar-refractivity contribution is 5.78. The maximum absolute atomic E-state index is 12.2. The number of benzene rings is 1. The van der Waals surface area contributed by atoms with E-state index in [-0.39, 0.29) is 17.2 Å². The number of nitrogens with zero attached hydrogens (tertiary/aromatic N) is 2. The summed E-state index contributed by atoms with van der Waals surface area (Å²) in [7, 11) is 0. The van der Waals surface area contributed by atoms with Gasteiger partial charge in [0.25, 0.3) is 0 Å². The third-order valence-corrected chi connectivity index (χ3v) is 4.43. The lowest BCUT2D eigenvalue weighted by Gasteiger charge is -2.22. The van der Waals surface area contributed by atoms with Crippen molar-refractivity contribution in [1.29, 1.82) is 5.26 Å². The maximum Gasteiger partial charge on any atom is 0.234 e. The molecule has 0 radical (unpaired) electrons. The van der Waals surface area contributed by atoms with Crippen LogP contribution >= 0.6 is 0 Å². The SMILES string of the molecule is CCN(CC(=O)NCC1(c2ccccc2)CC1)CC(C)C#N. The molecule has 1 saturated carbocycles. The van der Waals surface area contributed by atoms with Crippen LogP contribution in [0.3, 0.4) is 0 Å². The Hall–Kier alpha value is -1.86. The van der Waals surface area contributed by atoms with E-state index in [2.05, 4.69) is 35.7 Å². The summed E-state index contributed by atoms with van der Waals surface area (Å²) in [6, 6.07) is 12.6. The lowest BCUT2D eigenvalue weighted by Crippen LogP contribution is -2.41. The summed E-state index contributed by atoms with van der Waals surface area (Å²) in [6.07, 6.45) is 2.28. The summed E-state index contributed by atoms with van der Waals surface area (Å²) in [5.74, 6) is 0.000962. The van der Waals surface area contributed by atoms with Crippen LogP contribution in [0.1, 0.15) is 32.3 Å². The van der Waals surface area contributed by atoms with Gasteiger partial charge < -0.3 is 5.32 Å². The Kier molecular flexibility index (Phi) is 5.57. The van der Waals surface area contributed by atoms with Crippen molar-refractivity contribution in [3.05, 3.63) is 35.9 Å². The minimum Gasteiger partial charge on any atom is -0.354 e. The van der Waals surface area contributed by atoms with E-state index in [1.54, 1.807) is 0 Å². The third kappa shape index (κ3) is 4.32. The molecule has 1 aliphatic carbocycles. The van der Waals surface area contributed by atoms with Gasteiger partial charge >= 0.3 is 0 Å². The van der Waals surface area contributed by atoms with Crippen LogP contribution in [0.15, 0.2) is 30.3 Å². The molecule has 1 fully saturated rings. The molecule has 0 heterocycles. The molecule has 1 N–H and O–H groups in total. The zero-order chi connectivity index (χ0) is 16.0. The van der Waals surface area contributed by atoms with Gasteiger partial charge in [0.1, 0.15) is 0 Å². The van der Waals surface area contributed by atoms with Crippen molar-refractivity contribution in [2.75, 3.05) is 26.2 Å². The van der Waals surface area contributed by atoms with Crippen LogP contribution in [0.5, 0.6) is 0 Å². The van der Waals surface area contributed by atoms with Crippen LogP contribution in [-0.2, 0) is 10.2 Å². The van der Waals surface area contributed by atoms with E-state index in [1.165, 1.54) is 5.56 Å². The summed E-state index contributed by atoms with van der Waals surface area (Å²) in [4.78, 5) is 14.2. The van der Waals surface area contributed by atoms with Gasteiger partial charge in [-0.2, -0.15) is 5.26 Å². The van der Waals surface area contributed by atoms with Gasteiger partial charge in [0.05, 0.1) is 18.5 Å². The molecule has 22 heavy (non-hydrogen) atoms. The first-order valence-electron chi connectivity index (χ1n) is 8.04. The van der Waals surface area contributed by atoms with Gasteiger partial charge in [0, 0.05) is 18.5 Å². The molecule has 1 unspecified atom stereocenters. The van der Waals surface area contributed by atoms with Gasteiger partial charge in [-0.3, -0.25) is 9.69 Å². The van der Waals surface area contributed by atoms with E-state index in [1.807, 2.05) is 24.8 Å². The van der Waals surface area contributed by atoms with Gasteiger partial charge in [-0.15, -0.1) is 0 Å². The molecule has 4 heteroatoms. The number of nitriles is 1. The molecule has 0 bridgehead atoms. The Morgan fingerprint density at radius 2 is 2.09 bits per heavy atom. The fourth-order valence-electron chi connectivity index (χ4n) is 2.77. The van der Waals surface area contributed by atoms with Crippen LogP contribution < -0.4 is 5.32 Å². The van der Waals surface area contributed by atoms with E-state index < -0.39 is 0 Å². The average Bonchev–Trinajstić information content (AvgIpc) is 3.34. The topological polar surface area (TPSA) is 56.1 Å². The normalized spacial score (nSPS) is 16.8. The monoisotopic (exact) mass is 299 g/mol. The second-order valence-electron chi connectivity index (χ2n) is 6.28. The van der Waals surface area contributed by atoms with Crippen LogP contribution in [0, 0.1) is 17.2 Å². The largest absolute Gasteiger partial charge is 0.354 e. The predicted molar refractivity (Wildman–Crippen MR) is 87.3 cm³/mol. The maximum atomic E-state index is 12.2. The van der Waals surface area contributed by atoms with Gasteiger partial charge in [-0.25, -0.2) is 0 Å². The Morgan fingerprint density at radius 3 is 2.64 bits per heavy atom. The fraction of sp³-hybridized carbons (Fsp3) is 0.556. The zero-order valence-corrected chi connectivity index (χ0v) is 13.5. The lowest BCUT2D eigenvalue weighted by molar-refractivity contribution is -0.122. The quantitative estimate of drug-likeness (QED) is 0.801. The second-order valence-corrected chi connectivity index (χ2v) is 6.28. The molecule has 4 nitrogen and oxygen atoms in total. The summed E-state index contributed by atoms with van der Waals surface area (Å²) in [5.41, 5.74) is 1.47. The highest BCUT2D eigenvalue weighted by atomic mass is 16.2. The van der Waals surface area contributed by atoms with Crippen LogP contribution in [0.4, 0.5) is 0 Å². The van der Waals surface area contributed by atoms with Crippen molar-refractivity contribution >= 4 is 5.91 Å². The molecular formula is C18H25N3O. The van der Waals surface area contributed by atoms with Crippen LogP contribution in [-0.4, -0.2) is 37.0 Å². The highest BCUT2D eigenvalue weighted by Crippen LogP contribution is 2.47. The highest BCUT2D eigenvalue weighted by Gasteiger charge is 2.44. The standard InChI is InChI=1S/C18H25N3O/c1-3-21(12-15(2)11-19)13-17(22)20-14-18(9-10-18)16-7-5-4-6-8-16/h4-8,15H,3,9-10,12-14H2,1-2H3,(H,20,22). The van der Waals surface area contributed by atoms with Crippen LogP contribution in [0.25, 0.3) is 0 Å². The number of amides is 1. The lowest BCUT2D eigenvalue weighted by atomic mass is 9.96. The van der Waals surface area contributed by atoms with Crippen molar-refractivity contribution in [3.63, 3.8) is 0 Å². The van der Waals surface area contributed by atoms with Crippen LogP contribution in [0.2, 0.25) is 0 Å². The number of likely N-dealkylation sites (N-methyl/N-ethyl adjacent to an activating group) is 1. The summed E-state index contributed by atoms with van der Waals surface area (Å²) < 4.78 is 0. The Balaban J connectivity index is 1.82. The van der Waals surface area contributed by atoms with Crippen molar-refractivity contribution in [3.8, 4) is 6.07 Å². The number of carbonyl (C=O) groups excluding carboxylic acids is 1. The molecule has 2 rings (SSSR count). The summed E-state index contributed by atoms with van der Waals surface area (Å²) >= 11 is 0. The number of hydrogen-bond acceptors (Lipinski definition) is 3. The number of nitrogens with one attached hydrogen (secondary N) is 1. The number of rotatable bonds is 8. The van der Waals surface area contributed by atoms with Gasteiger partial charge in [-0.1, -0.05) is 37.3 Å². The first-order chi connectivity index (χ1) is 10.6. The average molecular weight is 299 g/mol. The van der Waals surface area contributed by atoms with E-state index >= 15 is 0 Å². The number of hydrogen-bond donors (Lipinski definition) is 1. The first kappa shape index (κ1) is 16.5. The second kappa shape index (κ2) is 7.42. The van der Waals surface area contributed by atoms with Crippen molar-refractivity contribution in [1.82, 2.24) is 10.2 Å². The number of carbonyl (C=O) groups is 1. The summed E-state index contributed by atoms with van der Waals surface area (Å²) in [6.45, 7) is 6.40. The molecular weight excluding hydrogens is 274 g/mol.